The predicted octanol–water partition coefficient (Wildman–Crippen LogP) is 1.98. The van der Waals surface area contributed by atoms with Crippen LogP contribution in [0.25, 0.3) is 0 Å². The van der Waals surface area contributed by atoms with E-state index in [9.17, 15) is 0 Å². The van der Waals surface area contributed by atoms with Crippen LogP contribution in [0, 0.1) is 14.9 Å². The third-order valence-electron chi connectivity index (χ3n) is 0.566. The monoisotopic (exact) mass is 211 g/mol. The van der Waals surface area contributed by atoms with E-state index < -0.39 is 0 Å². The summed E-state index contributed by atoms with van der Waals surface area (Å²) in [6.45, 7) is 0. The largest absolute Gasteiger partial charge is 2.00 e. The Kier molecular flexibility index (Phi) is 18.9. The van der Waals surface area contributed by atoms with Crippen molar-refractivity contribution in [3.05, 3.63) is 45.4 Å². The molecule has 0 unspecified atom stereocenters. The van der Waals surface area contributed by atoms with Crippen LogP contribution in [0.15, 0.2) is 30.6 Å². The summed E-state index contributed by atoms with van der Waals surface area (Å²) < 4.78 is 0. The van der Waals surface area contributed by atoms with Crippen molar-refractivity contribution in [2.75, 3.05) is 0 Å². The van der Waals surface area contributed by atoms with E-state index in [1.54, 1.807) is 12.4 Å². The molecule has 0 saturated heterocycles. The number of aromatic nitrogens is 1. The van der Waals surface area contributed by atoms with Gasteiger partial charge in [-0.25, -0.2) is 0 Å². The average Bonchev–Trinajstić information content (AvgIpc) is 1.72. The number of pyridine rings is 1. The zero-order valence-corrected chi connectivity index (χ0v) is 7.43. The molecule has 0 saturated carbocycles. The van der Waals surface area contributed by atoms with Gasteiger partial charge < -0.3 is 14.9 Å². The van der Waals surface area contributed by atoms with Crippen LogP contribution in [-0.2, 0) is 19.5 Å². The molecule has 0 aliphatic heterocycles. The van der Waals surface area contributed by atoms with Gasteiger partial charge in [0.15, 0.2) is 0 Å². The summed E-state index contributed by atoms with van der Waals surface area (Å²) in [7, 11) is 0. The van der Waals surface area contributed by atoms with Crippen LogP contribution in [0.4, 0.5) is 0 Å². The molecule has 0 atom stereocenters. The van der Waals surface area contributed by atoms with E-state index in [0.717, 1.165) is 0 Å². The first kappa shape index (κ1) is 15.9. The third-order valence-corrected chi connectivity index (χ3v) is 0.566. The molecule has 0 radical (unpaired) electrons. The van der Waals surface area contributed by atoms with E-state index in [0.29, 0.717) is 0 Å². The summed E-state index contributed by atoms with van der Waals surface area (Å²) in [6, 6.07) is 5.72. The van der Waals surface area contributed by atoms with Crippen molar-refractivity contribution in [1.29, 1.82) is 0 Å². The first-order chi connectivity index (χ1) is 3.00. The molecule has 0 aliphatic rings. The second-order valence-electron chi connectivity index (χ2n) is 1.02. The predicted molar refractivity (Wildman–Crippen MR) is 37.1 cm³/mol. The zero-order chi connectivity index (χ0) is 4.24. The maximum Gasteiger partial charge on any atom is 2.00 e. The van der Waals surface area contributed by atoms with Gasteiger partial charge in [-0.1, -0.05) is 6.07 Å². The van der Waals surface area contributed by atoms with Gasteiger partial charge >= 0.3 is 19.5 Å². The van der Waals surface area contributed by atoms with Crippen molar-refractivity contribution >= 4 is 0 Å². The zero-order valence-electron chi connectivity index (χ0n) is 5.69. The van der Waals surface area contributed by atoms with Crippen LogP contribution in [-0.4, -0.2) is 4.98 Å². The summed E-state index contributed by atoms with van der Waals surface area (Å²) in [4.78, 5) is 3.78. The summed E-state index contributed by atoms with van der Waals surface area (Å²) in [5.41, 5.74) is 0. The molecule has 1 heterocycles. The summed E-state index contributed by atoms with van der Waals surface area (Å²) in [6.07, 6.45) is 3.50. The first-order valence-corrected chi connectivity index (χ1v) is 1.85. The molecule has 52 valence electrons. The number of nitrogens with zero attached hydrogens (tertiary/aromatic N) is 1. The average molecular weight is 210 g/mol. The minimum atomic E-state index is 0. The molecular weight excluding hydrogens is 199 g/mol. The minimum absolute atomic E-state index is 0. The Hall–Kier alpha value is -0.227. The Balaban J connectivity index is -0.000000120. The molecule has 0 N–H and O–H groups in total. The van der Waals surface area contributed by atoms with E-state index in [1.807, 2.05) is 18.2 Å². The maximum atomic E-state index is 3.78. The van der Waals surface area contributed by atoms with Crippen molar-refractivity contribution in [3.8, 4) is 0 Å². The normalized spacial score (nSPS) is 5.33. The van der Waals surface area contributed by atoms with Gasteiger partial charge in [0.05, 0.1) is 0 Å². The van der Waals surface area contributed by atoms with Gasteiger partial charge in [-0.05, 0) is 12.1 Å². The molecule has 9 heavy (non-hydrogen) atoms. The molecule has 1 aromatic heterocycles. The van der Waals surface area contributed by atoms with Crippen molar-refractivity contribution in [2.24, 2.45) is 0 Å². The second-order valence-corrected chi connectivity index (χ2v) is 1.02. The molecule has 1 nitrogen and oxygen atoms in total. The van der Waals surface area contributed by atoms with E-state index in [1.165, 1.54) is 0 Å². The Morgan fingerprint density at radius 3 is 1.33 bits per heavy atom. The maximum absolute atomic E-state index is 3.78. The van der Waals surface area contributed by atoms with Crippen molar-refractivity contribution < 1.29 is 19.5 Å². The Labute approximate surface area is 70.3 Å². The summed E-state index contributed by atoms with van der Waals surface area (Å²) in [5.74, 6) is 0. The van der Waals surface area contributed by atoms with Gasteiger partial charge in [-0.15, -0.1) is 0 Å². The van der Waals surface area contributed by atoms with Crippen molar-refractivity contribution in [1.82, 2.24) is 4.98 Å². The molecule has 1 rings (SSSR count). The summed E-state index contributed by atoms with van der Waals surface area (Å²) >= 11 is 0. The standard InChI is InChI=1S/C5H5N.2CH3.Ru/c1-2-4-6-5-3-1;;;/h1-5H;2*1H3;/q;2*-1;+2. The van der Waals surface area contributed by atoms with Crippen LogP contribution >= 0.6 is 0 Å². The molecule has 2 heteroatoms. The quantitative estimate of drug-likeness (QED) is 0.471. The molecule has 0 amide bonds. The Morgan fingerprint density at radius 2 is 1.22 bits per heavy atom. The molecule has 0 aromatic carbocycles. The van der Waals surface area contributed by atoms with E-state index >= 15 is 0 Å². The second kappa shape index (κ2) is 10.7. The molecule has 0 bridgehead atoms. The summed E-state index contributed by atoms with van der Waals surface area (Å²) in [5, 5.41) is 0. The SMILES string of the molecule is [CH3-].[CH3-].[Ru+2].c1ccncc1. The van der Waals surface area contributed by atoms with Gasteiger partial charge in [-0.2, -0.15) is 0 Å². The van der Waals surface area contributed by atoms with Gasteiger partial charge in [0, 0.05) is 12.4 Å². The van der Waals surface area contributed by atoms with Crippen LogP contribution in [0.1, 0.15) is 0 Å². The fourth-order valence-corrected chi connectivity index (χ4v) is 0.313. The number of hydrogen-bond acceptors (Lipinski definition) is 1. The minimum Gasteiger partial charge on any atom is -0.358 e. The molecule has 0 aliphatic carbocycles. The topological polar surface area (TPSA) is 12.9 Å². The van der Waals surface area contributed by atoms with Crippen LogP contribution in [0.3, 0.4) is 0 Å². The number of hydrogen-bond donors (Lipinski definition) is 0. The number of rotatable bonds is 0. The third kappa shape index (κ3) is 7.77. The van der Waals surface area contributed by atoms with Crippen LogP contribution < -0.4 is 0 Å². The fraction of sp³-hybridized carbons (Fsp3) is 0. The van der Waals surface area contributed by atoms with Crippen LogP contribution in [0.5, 0.6) is 0 Å². The first-order valence-electron chi connectivity index (χ1n) is 1.85. The van der Waals surface area contributed by atoms with Gasteiger partial charge in [0.1, 0.15) is 0 Å². The van der Waals surface area contributed by atoms with Crippen LogP contribution in [0.2, 0.25) is 0 Å². The van der Waals surface area contributed by atoms with E-state index in [4.69, 9.17) is 0 Å². The van der Waals surface area contributed by atoms with Crippen molar-refractivity contribution in [2.45, 2.75) is 0 Å². The molecule has 1 aromatic rings. The molecular formula is C7H11NRu. The Morgan fingerprint density at radius 1 is 0.778 bits per heavy atom. The van der Waals surface area contributed by atoms with Gasteiger partial charge in [0.2, 0.25) is 0 Å². The van der Waals surface area contributed by atoms with Crippen molar-refractivity contribution in [3.63, 3.8) is 0 Å². The Bertz CT molecular complexity index is 80.8. The molecule has 0 fully saturated rings. The molecule has 0 spiro atoms. The van der Waals surface area contributed by atoms with Gasteiger partial charge in [0.25, 0.3) is 0 Å². The fourth-order valence-electron chi connectivity index (χ4n) is 0.313. The van der Waals surface area contributed by atoms with E-state index in [2.05, 4.69) is 4.98 Å². The van der Waals surface area contributed by atoms with E-state index in [-0.39, 0.29) is 34.3 Å². The smallest absolute Gasteiger partial charge is 0.358 e. The van der Waals surface area contributed by atoms with Gasteiger partial charge in [-0.3, -0.25) is 4.98 Å².